The van der Waals surface area contributed by atoms with E-state index in [0.29, 0.717) is 6.42 Å². The molecule has 1 aliphatic rings. The van der Waals surface area contributed by atoms with Crippen LogP contribution < -0.4 is 15.9 Å². The zero-order valence-electron chi connectivity index (χ0n) is 18.7. The summed E-state index contributed by atoms with van der Waals surface area (Å²) in [7, 11) is -2.56. The lowest BCUT2D eigenvalue weighted by Gasteiger charge is -2.28. The molecule has 33 heavy (non-hydrogen) atoms. The van der Waals surface area contributed by atoms with E-state index < -0.39 is 18.6 Å². The maximum atomic E-state index is 13.1. The largest absolute Gasteiger partial charge is 0.507 e. The molecule has 0 aliphatic heterocycles. The summed E-state index contributed by atoms with van der Waals surface area (Å²) in [4.78, 5) is 26.1. The average Bonchev–Trinajstić information content (AvgIpc) is 3.26. The number of carbonyl (C=O) groups is 2. The Labute approximate surface area is 195 Å². The van der Waals surface area contributed by atoms with Crippen molar-refractivity contribution in [2.45, 2.75) is 26.2 Å². The Kier molecular flexibility index (Phi) is 6.76. The monoisotopic (exact) mass is 459 g/mol. The van der Waals surface area contributed by atoms with Crippen molar-refractivity contribution in [2.75, 3.05) is 6.61 Å². The number of aliphatic hydroxyl groups excluding tert-OH is 1. The second-order valence-electron chi connectivity index (χ2n) is 8.15. The molecule has 1 saturated carbocycles. The molecule has 168 valence electrons. The number of Topliss-reactive ketones (excluding diaryl/α,β-unsaturated/α-hetero) is 1. The quantitative estimate of drug-likeness (QED) is 0.241. The highest BCUT2D eigenvalue weighted by Crippen LogP contribution is 2.59. The summed E-state index contributed by atoms with van der Waals surface area (Å²) in [5.74, 6) is 0.663. The minimum atomic E-state index is -2.56. The summed E-state index contributed by atoms with van der Waals surface area (Å²) in [5.41, 5.74) is -1.64. The molecule has 0 aromatic heterocycles. The van der Waals surface area contributed by atoms with Gasteiger partial charge in [0.2, 0.25) is 0 Å². The van der Waals surface area contributed by atoms with Crippen LogP contribution in [0.4, 0.5) is 0 Å². The molecule has 0 bridgehead atoms. The van der Waals surface area contributed by atoms with Crippen LogP contribution in [0.1, 0.15) is 26.2 Å². The van der Waals surface area contributed by atoms with Crippen LogP contribution in [0, 0.1) is 5.41 Å². The Hall–Kier alpha value is -3.23. The van der Waals surface area contributed by atoms with Crippen LogP contribution in [0.3, 0.4) is 0 Å². The molecule has 1 N–H and O–H groups in total. The van der Waals surface area contributed by atoms with Gasteiger partial charge in [-0.15, -0.1) is 0 Å². The van der Waals surface area contributed by atoms with Crippen molar-refractivity contribution < 1.29 is 19.4 Å². The van der Waals surface area contributed by atoms with Gasteiger partial charge in [0, 0.05) is 6.42 Å². The number of aliphatic hydroxyl groups is 1. The van der Waals surface area contributed by atoms with E-state index in [1.807, 2.05) is 91.0 Å². The number of benzene rings is 3. The zero-order valence-corrected chi connectivity index (χ0v) is 19.6. The summed E-state index contributed by atoms with van der Waals surface area (Å²) < 4.78 is 5.30. The molecule has 3 aromatic rings. The van der Waals surface area contributed by atoms with Crippen LogP contribution in [0.25, 0.3) is 0 Å². The van der Waals surface area contributed by atoms with E-state index >= 15 is 0 Å². The third-order valence-corrected chi connectivity index (χ3v) is 10.3. The van der Waals surface area contributed by atoms with E-state index in [9.17, 15) is 14.7 Å². The van der Waals surface area contributed by atoms with Crippen molar-refractivity contribution in [3.8, 4) is 0 Å². The summed E-state index contributed by atoms with van der Waals surface area (Å²) in [6, 6.07) is 30.0. The minimum absolute atomic E-state index is 0.150. The van der Waals surface area contributed by atoms with Crippen LogP contribution in [0.15, 0.2) is 103 Å². The van der Waals surface area contributed by atoms with Crippen LogP contribution in [-0.2, 0) is 14.3 Å². The van der Waals surface area contributed by atoms with Crippen molar-refractivity contribution in [2.24, 2.45) is 5.41 Å². The lowest BCUT2D eigenvalue weighted by molar-refractivity contribution is -0.157. The molecule has 3 aromatic carbocycles. The molecule has 4 rings (SSSR count). The predicted octanol–water partition coefficient (Wildman–Crippen LogP) is 4.68. The van der Waals surface area contributed by atoms with Gasteiger partial charge in [0.05, 0.1) is 6.61 Å². The highest BCUT2D eigenvalue weighted by atomic mass is 31.2. The number of carbonyl (C=O) groups excluding carboxylic acids is 2. The smallest absolute Gasteiger partial charge is 0.327 e. The van der Waals surface area contributed by atoms with E-state index in [1.54, 1.807) is 12.7 Å². The molecular weight excluding hydrogens is 431 g/mol. The molecule has 5 heteroatoms. The first kappa shape index (κ1) is 22.9. The number of hydrogen-bond donors (Lipinski definition) is 1. The fourth-order valence-electron chi connectivity index (χ4n) is 4.67. The van der Waals surface area contributed by atoms with Gasteiger partial charge in [-0.05, 0) is 56.2 Å². The average molecular weight is 460 g/mol. The first-order valence-corrected chi connectivity index (χ1v) is 13.1. The third-order valence-electron chi connectivity index (χ3n) is 6.30. The molecule has 1 fully saturated rings. The summed E-state index contributed by atoms with van der Waals surface area (Å²) >= 11 is 0. The zero-order chi connectivity index (χ0) is 23.3. The SMILES string of the molecule is CCOC(=O)[C@@]1(/C(O)=C/[P+](c2ccccc2)(c2ccccc2)c2ccccc2)CCCC1=O. The summed E-state index contributed by atoms with van der Waals surface area (Å²) in [6.07, 6.45) is 1.05. The second-order valence-corrected chi connectivity index (χ2v) is 11.4. The number of ether oxygens (including phenoxy) is 1. The van der Waals surface area contributed by atoms with Gasteiger partial charge in [0.1, 0.15) is 29.0 Å². The predicted molar refractivity (Wildman–Crippen MR) is 134 cm³/mol. The molecule has 0 amide bonds. The highest BCUT2D eigenvalue weighted by Gasteiger charge is 2.56. The van der Waals surface area contributed by atoms with E-state index in [0.717, 1.165) is 15.9 Å². The highest BCUT2D eigenvalue weighted by molar-refractivity contribution is 7.98. The molecule has 0 saturated heterocycles. The van der Waals surface area contributed by atoms with Crippen molar-refractivity contribution in [1.29, 1.82) is 0 Å². The maximum Gasteiger partial charge on any atom is 0.327 e. The van der Waals surface area contributed by atoms with Crippen molar-refractivity contribution in [1.82, 2.24) is 0 Å². The molecule has 0 heterocycles. The lowest BCUT2D eigenvalue weighted by atomic mass is 9.83. The Morgan fingerprint density at radius 1 is 0.909 bits per heavy atom. The van der Waals surface area contributed by atoms with Crippen LogP contribution in [0.5, 0.6) is 0 Å². The van der Waals surface area contributed by atoms with E-state index in [1.165, 1.54) is 0 Å². The fourth-order valence-corrected chi connectivity index (χ4v) is 8.52. The standard InChI is InChI=1S/C28H27O4P/c1-2-32-27(31)28(20-12-19-25(28)29)26(30)21-33(22-13-6-3-7-14-22,23-15-8-4-9-16-23)24-17-10-5-11-18-24/h3-11,13-18,21H,2,12,19-20H2,1H3/p+1/b26-21-/t28-/m0/s1. The third kappa shape index (κ3) is 4.00. The molecule has 4 nitrogen and oxygen atoms in total. The molecule has 1 aliphatic carbocycles. The van der Waals surface area contributed by atoms with Crippen molar-refractivity contribution in [3.63, 3.8) is 0 Å². The first-order valence-electron chi connectivity index (χ1n) is 11.2. The second kappa shape index (κ2) is 9.72. The van der Waals surface area contributed by atoms with Gasteiger partial charge in [-0.25, -0.2) is 0 Å². The molecule has 0 unspecified atom stereocenters. The number of esters is 1. The van der Waals surface area contributed by atoms with Gasteiger partial charge in [-0.3, -0.25) is 9.59 Å². The summed E-state index contributed by atoms with van der Waals surface area (Å²) in [5, 5.41) is 14.7. The van der Waals surface area contributed by atoms with Gasteiger partial charge < -0.3 is 9.84 Å². The first-order chi connectivity index (χ1) is 16.1. The lowest BCUT2D eigenvalue weighted by Crippen LogP contribution is -2.40. The number of hydrogen-bond acceptors (Lipinski definition) is 4. The van der Waals surface area contributed by atoms with Crippen molar-refractivity contribution in [3.05, 3.63) is 103 Å². The van der Waals surface area contributed by atoms with Crippen LogP contribution in [0.2, 0.25) is 0 Å². The van der Waals surface area contributed by atoms with Gasteiger partial charge in [0.15, 0.2) is 17.0 Å². The Balaban J connectivity index is 2.04. The summed E-state index contributed by atoms with van der Waals surface area (Å²) in [6.45, 7) is 1.86. The maximum absolute atomic E-state index is 13.1. The Morgan fingerprint density at radius 3 is 1.73 bits per heavy atom. The molecule has 0 spiro atoms. The normalized spacial score (nSPS) is 18.8. The van der Waals surface area contributed by atoms with E-state index in [4.69, 9.17) is 4.74 Å². The van der Waals surface area contributed by atoms with E-state index in [-0.39, 0.29) is 31.0 Å². The molecular formula is C28H28O4P+. The Morgan fingerprint density at radius 2 is 1.36 bits per heavy atom. The van der Waals surface area contributed by atoms with E-state index in [2.05, 4.69) is 0 Å². The topological polar surface area (TPSA) is 63.6 Å². The van der Waals surface area contributed by atoms with Gasteiger partial charge in [0.25, 0.3) is 0 Å². The van der Waals surface area contributed by atoms with Crippen LogP contribution in [-0.4, -0.2) is 23.5 Å². The van der Waals surface area contributed by atoms with Gasteiger partial charge in [-0.1, -0.05) is 54.6 Å². The van der Waals surface area contributed by atoms with Gasteiger partial charge >= 0.3 is 5.97 Å². The van der Waals surface area contributed by atoms with Gasteiger partial charge in [-0.2, -0.15) is 0 Å². The minimum Gasteiger partial charge on any atom is -0.507 e. The molecule has 0 radical (unpaired) electrons. The number of rotatable bonds is 7. The van der Waals surface area contributed by atoms with Crippen molar-refractivity contribution >= 4 is 34.9 Å². The fraction of sp³-hybridized carbons (Fsp3) is 0.214. The Bertz CT molecular complexity index is 1050. The van der Waals surface area contributed by atoms with Crippen LogP contribution >= 0.6 is 7.26 Å². The number of ketones is 1. The molecule has 1 atom stereocenters.